The van der Waals surface area contributed by atoms with Gasteiger partial charge in [-0.2, -0.15) is 0 Å². The van der Waals surface area contributed by atoms with Gasteiger partial charge in [-0.25, -0.2) is 0 Å². The molecule has 34 heavy (non-hydrogen) atoms. The zero-order chi connectivity index (χ0) is 24.2. The molecule has 1 aliphatic heterocycles. The molecule has 5 atom stereocenters. The molecule has 1 aliphatic rings. The normalized spacial score (nSPS) is 24.8. The molecular formula is C27H38O7. The second kappa shape index (κ2) is 14.4. The lowest BCUT2D eigenvalue weighted by molar-refractivity contribution is -0.318. The molecule has 0 N–H and O–H groups in total. The van der Waals surface area contributed by atoms with Crippen molar-refractivity contribution in [2.45, 2.75) is 63.7 Å². The second-order valence-electron chi connectivity index (χ2n) is 8.29. The maximum Gasteiger partial charge on any atom is 0.186 e. The van der Waals surface area contributed by atoms with Gasteiger partial charge in [-0.1, -0.05) is 55.8 Å². The SMILES string of the molecule is CCCCO[C@@H]1O[C@H](COCc2ccccc2)[C@H](OCc2ccc(OC)cc2)[C@H](OC)[C@H]1OC. The number of hydrogen-bond donors (Lipinski definition) is 0. The maximum atomic E-state index is 6.36. The first-order chi connectivity index (χ1) is 16.7. The first-order valence-corrected chi connectivity index (χ1v) is 11.9. The minimum atomic E-state index is -0.562. The Hall–Kier alpha value is -2.00. The molecule has 0 saturated carbocycles. The molecule has 2 aromatic carbocycles. The minimum absolute atomic E-state index is 0.339. The molecule has 0 bridgehead atoms. The van der Waals surface area contributed by atoms with Gasteiger partial charge >= 0.3 is 0 Å². The van der Waals surface area contributed by atoms with Crippen LogP contribution in [0.5, 0.6) is 5.75 Å². The lowest BCUT2D eigenvalue weighted by atomic mass is 9.98. The number of unbranched alkanes of at least 4 members (excludes halogenated alkanes) is 1. The van der Waals surface area contributed by atoms with E-state index in [1.165, 1.54) is 0 Å². The molecule has 1 heterocycles. The Morgan fingerprint density at radius 2 is 1.47 bits per heavy atom. The van der Waals surface area contributed by atoms with Crippen molar-refractivity contribution in [2.75, 3.05) is 34.5 Å². The summed E-state index contributed by atoms with van der Waals surface area (Å²) in [4.78, 5) is 0. The summed E-state index contributed by atoms with van der Waals surface area (Å²) < 4.78 is 41.7. The quantitative estimate of drug-likeness (QED) is 0.377. The highest BCUT2D eigenvalue weighted by Gasteiger charge is 2.48. The Morgan fingerprint density at radius 1 is 0.765 bits per heavy atom. The Balaban J connectivity index is 1.71. The predicted molar refractivity (Wildman–Crippen MR) is 129 cm³/mol. The van der Waals surface area contributed by atoms with E-state index in [9.17, 15) is 0 Å². The van der Waals surface area contributed by atoms with Crippen molar-refractivity contribution in [3.63, 3.8) is 0 Å². The number of hydrogen-bond acceptors (Lipinski definition) is 7. The van der Waals surface area contributed by atoms with Crippen LogP contribution >= 0.6 is 0 Å². The van der Waals surface area contributed by atoms with E-state index in [0.717, 1.165) is 29.7 Å². The van der Waals surface area contributed by atoms with E-state index in [2.05, 4.69) is 6.92 Å². The van der Waals surface area contributed by atoms with Crippen molar-refractivity contribution in [3.8, 4) is 5.75 Å². The molecule has 1 saturated heterocycles. The third-order valence-corrected chi connectivity index (χ3v) is 5.91. The molecule has 0 unspecified atom stereocenters. The van der Waals surface area contributed by atoms with Crippen molar-refractivity contribution in [3.05, 3.63) is 65.7 Å². The van der Waals surface area contributed by atoms with E-state index in [1.54, 1.807) is 21.3 Å². The van der Waals surface area contributed by atoms with Gasteiger partial charge in [0.2, 0.25) is 0 Å². The zero-order valence-electron chi connectivity index (χ0n) is 20.7. The summed E-state index contributed by atoms with van der Waals surface area (Å²) in [6, 6.07) is 17.9. The molecule has 188 valence electrons. The van der Waals surface area contributed by atoms with Crippen LogP contribution in [0.1, 0.15) is 30.9 Å². The third kappa shape index (κ3) is 7.50. The van der Waals surface area contributed by atoms with Gasteiger partial charge in [0.1, 0.15) is 30.2 Å². The van der Waals surface area contributed by atoms with Crippen LogP contribution in [0, 0.1) is 0 Å². The van der Waals surface area contributed by atoms with Gasteiger partial charge in [0.05, 0.1) is 26.9 Å². The highest BCUT2D eigenvalue weighted by molar-refractivity contribution is 5.26. The number of methoxy groups -OCH3 is 3. The Kier molecular flexibility index (Phi) is 11.3. The van der Waals surface area contributed by atoms with Crippen LogP contribution in [0.25, 0.3) is 0 Å². The summed E-state index contributed by atoms with van der Waals surface area (Å²) in [5.41, 5.74) is 2.12. The van der Waals surface area contributed by atoms with Crippen LogP contribution in [0.15, 0.2) is 54.6 Å². The van der Waals surface area contributed by atoms with E-state index >= 15 is 0 Å². The average Bonchev–Trinajstić information content (AvgIpc) is 2.88. The van der Waals surface area contributed by atoms with Crippen molar-refractivity contribution >= 4 is 0 Å². The van der Waals surface area contributed by atoms with Crippen LogP contribution < -0.4 is 4.74 Å². The summed E-state index contributed by atoms with van der Waals surface area (Å²) in [5, 5.41) is 0. The third-order valence-electron chi connectivity index (χ3n) is 5.91. The standard InChI is InChI=1S/C27H38O7/c1-5-6-16-32-27-26(30-4)25(29-3)24(33-18-21-12-14-22(28-2)15-13-21)23(34-27)19-31-17-20-10-8-7-9-11-20/h7-15,23-27H,5-6,16-19H2,1-4H3/t23-,24+,25+,26-,27-/m1/s1. The van der Waals surface area contributed by atoms with Gasteiger partial charge in [-0.05, 0) is 29.7 Å². The molecule has 0 amide bonds. The maximum absolute atomic E-state index is 6.36. The predicted octanol–water partition coefficient (Wildman–Crippen LogP) is 4.37. The van der Waals surface area contributed by atoms with E-state index in [-0.39, 0.29) is 12.2 Å². The average molecular weight is 475 g/mol. The van der Waals surface area contributed by atoms with E-state index < -0.39 is 18.5 Å². The van der Waals surface area contributed by atoms with Gasteiger partial charge in [0.15, 0.2) is 6.29 Å². The van der Waals surface area contributed by atoms with Crippen LogP contribution in [0.4, 0.5) is 0 Å². The Bertz CT molecular complexity index is 798. The van der Waals surface area contributed by atoms with Gasteiger partial charge in [0.25, 0.3) is 0 Å². The van der Waals surface area contributed by atoms with E-state index in [4.69, 9.17) is 33.2 Å². The van der Waals surface area contributed by atoms with Crippen molar-refractivity contribution < 1.29 is 33.2 Å². The number of rotatable bonds is 14. The van der Waals surface area contributed by atoms with Crippen LogP contribution in [0.3, 0.4) is 0 Å². The Labute approximate surface area is 203 Å². The van der Waals surface area contributed by atoms with Gasteiger partial charge < -0.3 is 33.2 Å². The smallest absolute Gasteiger partial charge is 0.186 e. The van der Waals surface area contributed by atoms with E-state index in [0.29, 0.717) is 26.4 Å². The molecule has 3 rings (SSSR count). The molecule has 1 fully saturated rings. The van der Waals surface area contributed by atoms with Crippen LogP contribution in [-0.2, 0) is 41.6 Å². The molecular weight excluding hydrogens is 436 g/mol. The fraction of sp³-hybridized carbons (Fsp3) is 0.556. The van der Waals surface area contributed by atoms with Crippen LogP contribution in [-0.4, -0.2) is 65.2 Å². The minimum Gasteiger partial charge on any atom is -0.497 e. The molecule has 7 heteroatoms. The molecule has 2 aromatic rings. The Morgan fingerprint density at radius 3 is 2.12 bits per heavy atom. The fourth-order valence-corrected chi connectivity index (χ4v) is 3.99. The lowest BCUT2D eigenvalue weighted by Gasteiger charge is -2.45. The summed E-state index contributed by atoms with van der Waals surface area (Å²) >= 11 is 0. The topological polar surface area (TPSA) is 64.6 Å². The molecule has 0 aromatic heterocycles. The summed E-state index contributed by atoms with van der Waals surface area (Å²) in [5.74, 6) is 0.804. The summed E-state index contributed by atoms with van der Waals surface area (Å²) in [6.07, 6.45) is -0.172. The summed E-state index contributed by atoms with van der Waals surface area (Å²) in [6.45, 7) is 3.93. The zero-order valence-corrected chi connectivity index (χ0v) is 20.7. The molecule has 0 aliphatic carbocycles. The van der Waals surface area contributed by atoms with Gasteiger partial charge in [0, 0.05) is 20.8 Å². The second-order valence-corrected chi connectivity index (χ2v) is 8.29. The fourth-order valence-electron chi connectivity index (χ4n) is 3.99. The number of ether oxygens (including phenoxy) is 7. The highest BCUT2D eigenvalue weighted by atomic mass is 16.7. The number of benzene rings is 2. The molecule has 7 nitrogen and oxygen atoms in total. The van der Waals surface area contributed by atoms with Crippen LogP contribution in [0.2, 0.25) is 0 Å². The van der Waals surface area contributed by atoms with Crippen molar-refractivity contribution in [1.82, 2.24) is 0 Å². The molecule has 0 spiro atoms. The first kappa shape index (κ1) is 26.6. The summed E-state index contributed by atoms with van der Waals surface area (Å²) in [7, 11) is 4.96. The highest BCUT2D eigenvalue weighted by Crippen LogP contribution is 2.29. The van der Waals surface area contributed by atoms with Crippen molar-refractivity contribution in [2.24, 2.45) is 0 Å². The molecule has 0 radical (unpaired) electrons. The van der Waals surface area contributed by atoms with Crippen molar-refractivity contribution in [1.29, 1.82) is 0 Å². The largest absolute Gasteiger partial charge is 0.497 e. The first-order valence-electron chi connectivity index (χ1n) is 11.9. The van der Waals surface area contributed by atoms with Gasteiger partial charge in [-0.3, -0.25) is 0 Å². The lowest BCUT2D eigenvalue weighted by Crippen LogP contribution is -2.61. The van der Waals surface area contributed by atoms with Gasteiger partial charge in [-0.15, -0.1) is 0 Å². The monoisotopic (exact) mass is 474 g/mol. The van der Waals surface area contributed by atoms with E-state index in [1.807, 2.05) is 54.6 Å².